The van der Waals surface area contributed by atoms with Crippen molar-refractivity contribution in [3.05, 3.63) is 35.7 Å². The van der Waals surface area contributed by atoms with Gasteiger partial charge < -0.3 is 20.3 Å². The summed E-state index contributed by atoms with van der Waals surface area (Å²) in [5.41, 5.74) is -0.172. The number of hydrogen-bond donors (Lipinski definition) is 4. The number of aromatic amines is 1. The number of ether oxygens (including phenoxy) is 1. The van der Waals surface area contributed by atoms with Gasteiger partial charge >= 0.3 is 6.09 Å². The molecule has 0 radical (unpaired) electrons. The Labute approximate surface area is 186 Å². The van der Waals surface area contributed by atoms with E-state index in [9.17, 15) is 19.8 Å². The van der Waals surface area contributed by atoms with Crippen molar-refractivity contribution >= 4 is 17.8 Å². The lowest BCUT2D eigenvalue weighted by Crippen LogP contribution is -2.79. The molecule has 4 atom stereocenters. The molecule has 2 aromatic rings. The standard InChI is InChI=1S/C22H29N5O5/c1-21(31)12-27(20(29)30)22(21,2)15-5-4-14(10-15)16-11-17(26-25-16)24-18(28)8-13-6-7-23-19(9-13)32-3/h6-7,9,11,14-15,31H,4-5,8,10,12H2,1-3H3,(H,29,30)(H2,24,25,26,28)/t14-,15+,21+,22-/m0/s1. The predicted molar refractivity (Wildman–Crippen MR) is 116 cm³/mol. The first-order chi connectivity index (χ1) is 15.1. The quantitative estimate of drug-likeness (QED) is 0.537. The fraction of sp³-hybridized carbons (Fsp3) is 0.545. The maximum Gasteiger partial charge on any atom is 0.407 e. The van der Waals surface area contributed by atoms with Gasteiger partial charge in [-0.05, 0) is 50.7 Å². The van der Waals surface area contributed by atoms with Crippen LogP contribution < -0.4 is 10.1 Å². The zero-order chi connectivity index (χ0) is 23.1. The average Bonchev–Trinajstić information content (AvgIpc) is 3.41. The number of likely N-dealkylation sites (tertiary alicyclic amines) is 1. The molecule has 0 spiro atoms. The van der Waals surface area contributed by atoms with E-state index in [0.29, 0.717) is 11.7 Å². The Balaban J connectivity index is 1.38. The van der Waals surface area contributed by atoms with Crippen LogP contribution in [0.25, 0.3) is 0 Å². The molecule has 4 N–H and O–H groups in total. The minimum Gasteiger partial charge on any atom is -0.481 e. The highest BCUT2D eigenvalue weighted by atomic mass is 16.5. The second-order valence-corrected chi connectivity index (χ2v) is 9.14. The second kappa shape index (κ2) is 8.09. The number of methoxy groups -OCH3 is 1. The third kappa shape index (κ3) is 3.79. The maximum absolute atomic E-state index is 12.4. The lowest BCUT2D eigenvalue weighted by atomic mass is 9.64. The van der Waals surface area contributed by atoms with Crippen LogP contribution in [-0.2, 0) is 11.2 Å². The fourth-order valence-corrected chi connectivity index (χ4v) is 5.19. The minimum atomic E-state index is -1.05. The van der Waals surface area contributed by atoms with Crippen molar-refractivity contribution < 1.29 is 24.5 Å². The van der Waals surface area contributed by atoms with E-state index in [2.05, 4.69) is 20.5 Å². The normalized spacial score (nSPS) is 29.4. The van der Waals surface area contributed by atoms with Gasteiger partial charge in [-0.3, -0.25) is 14.8 Å². The molecule has 2 aromatic heterocycles. The Morgan fingerprint density at radius 1 is 1.34 bits per heavy atom. The van der Waals surface area contributed by atoms with Crippen LogP contribution in [0.1, 0.15) is 50.3 Å². The lowest BCUT2D eigenvalue weighted by Gasteiger charge is -2.62. The zero-order valence-electron chi connectivity index (χ0n) is 18.5. The van der Waals surface area contributed by atoms with E-state index in [1.54, 1.807) is 25.3 Å². The summed E-state index contributed by atoms with van der Waals surface area (Å²) in [6, 6.07) is 5.30. The largest absolute Gasteiger partial charge is 0.481 e. The summed E-state index contributed by atoms with van der Waals surface area (Å²) in [6.45, 7) is 3.68. The molecule has 4 rings (SSSR count). The summed E-state index contributed by atoms with van der Waals surface area (Å²) in [6.07, 6.45) is 3.17. The van der Waals surface area contributed by atoms with Gasteiger partial charge in [0.25, 0.3) is 0 Å². The van der Waals surface area contributed by atoms with E-state index in [4.69, 9.17) is 4.74 Å². The van der Waals surface area contributed by atoms with Gasteiger partial charge in [-0.2, -0.15) is 5.10 Å². The number of nitrogens with one attached hydrogen (secondary N) is 2. The molecule has 32 heavy (non-hydrogen) atoms. The topological polar surface area (TPSA) is 141 Å². The van der Waals surface area contributed by atoms with Crippen molar-refractivity contribution in [3.8, 4) is 5.88 Å². The molecule has 0 aromatic carbocycles. The molecule has 10 heteroatoms. The second-order valence-electron chi connectivity index (χ2n) is 9.14. The van der Waals surface area contributed by atoms with Crippen LogP contribution >= 0.6 is 0 Å². The molecule has 2 aliphatic rings. The number of amides is 2. The van der Waals surface area contributed by atoms with E-state index in [0.717, 1.165) is 30.5 Å². The lowest BCUT2D eigenvalue weighted by molar-refractivity contribution is -0.204. The SMILES string of the molecule is COc1cc(CC(=O)Nc2cc([C@H]3CC[C@@H]([C@]4(C)N(C(=O)O)C[C@@]4(C)O)C3)[nH]n2)ccn1. The maximum atomic E-state index is 12.4. The number of pyridine rings is 1. The van der Waals surface area contributed by atoms with Crippen LogP contribution in [0.3, 0.4) is 0 Å². The number of aromatic nitrogens is 3. The third-order valence-electron chi connectivity index (χ3n) is 7.25. The first kappa shape index (κ1) is 22.1. The van der Waals surface area contributed by atoms with Crippen molar-refractivity contribution in [3.63, 3.8) is 0 Å². The molecular formula is C22H29N5O5. The fourth-order valence-electron chi connectivity index (χ4n) is 5.19. The van der Waals surface area contributed by atoms with E-state index >= 15 is 0 Å². The monoisotopic (exact) mass is 443 g/mol. The van der Waals surface area contributed by atoms with Gasteiger partial charge in [0.15, 0.2) is 5.82 Å². The first-order valence-electron chi connectivity index (χ1n) is 10.7. The Bertz CT molecular complexity index is 1020. The van der Waals surface area contributed by atoms with Crippen LogP contribution in [0, 0.1) is 5.92 Å². The van der Waals surface area contributed by atoms with E-state index < -0.39 is 17.2 Å². The van der Waals surface area contributed by atoms with Crippen molar-refractivity contribution in [2.75, 3.05) is 19.0 Å². The van der Waals surface area contributed by atoms with Crippen molar-refractivity contribution in [2.45, 2.75) is 56.6 Å². The number of H-pyrrole nitrogens is 1. The molecule has 0 bridgehead atoms. The van der Waals surface area contributed by atoms with E-state index in [1.807, 2.05) is 13.0 Å². The van der Waals surface area contributed by atoms with Crippen LogP contribution in [0.2, 0.25) is 0 Å². The zero-order valence-corrected chi connectivity index (χ0v) is 18.5. The van der Waals surface area contributed by atoms with E-state index in [-0.39, 0.29) is 30.7 Å². The number of carboxylic acid groups (broad SMARTS) is 1. The predicted octanol–water partition coefficient (Wildman–Crippen LogP) is 2.38. The van der Waals surface area contributed by atoms with Crippen LogP contribution in [-0.4, -0.2) is 67.1 Å². The molecule has 1 aliphatic carbocycles. The number of carbonyl (C=O) groups excluding carboxylic acids is 1. The Hall–Kier alpha value is -3.14. The van der Waals surface area contributed by atoms with Gasteiger partial charge in [-0.25, -0.2) is 9.78 Å². The summed E-state index contributed by atoms with van der Waals surface area (Å²) < 4.78 is 5.08. The first-order valence-corrected chi connectivity index (χ1v) is 10.7. The van der Waals surface area contributed by atoms with Gasteiger partial charge in [0.2, 0.25) is 11.8 Å². The third-order valence-corrected chi connectivity index (χ3v) is 7.25. The van der Waals surface area contributed by atoms with Crippen LogP contribution in [0.15, 0.2) is 24.4 Å². The number of rotatable bonds is 6. The van der Waals surface area contributed by atoms with Crippen molar-refractivity contribution in [2.24, 2.45) is 5.92 Å². The highest BCUT2D eigenvalue weighted by Gasteiger charge is 2.64. The van der Waals surface area contributed by atoms with Gasteiger partial charge in [-0.1, -0.05) is 0 Å². The minimum absolute atomic E-state index is 0.0374. The summed E-state index contributed by atoms with van der Waals surface area (Å²) in [4.78, 5) is 29.4. The summed E-state index contributed by atoms with van der Waals surface area (Å²) >= 11 is 0. The molecule has 1 saturated heterocycles. The molecule has 2 amide bonds. The highest BCUT2D eigenvalue weighted by Crippen LogP contribution is 2.53. The van der Waals surface area contributed by atoms with E-state index in [1.165, 1.54) is 12.0 Å². The molecule has 3 heterocycles. The van der Waals surface area contributed by atoms with Crippen molar-refractivity contribution in [1.29, 1.82) is 0 Å². The Morgan fingerprint density at radius 3 is 2.81 bits per heavy atom. The summed E-state index contributed by atoms with van der Waals surface area (Å²) in [7, 11) is 1.52. The number of aliphatic hydroxyl groups is 1. The molecule has 0 unspecified atom stereocenters. The van der Waals surface area contributed by atoms with Crippen LogP contribution in [0.5, 0.6) is 5.88 Å². The number of carbonyl (C=O) groups is 2. The van der Waals surface area contributed by atoms with Crippen molar-refractivity contribution in [1.82, 2.24) is 20.1 Å². The summed E-state index contributed by atoms with van der Waals surface area (Å²) in [5, 5.41) is 30.3. The van der Waals surface area contributed by atoms with Gasteiger partial charge in [0.1, 0.15) is 5.60 Å². The number of β-amino-alcohol motifs (C(OH)–C–C–N with tert-alkyl or cyclic N) is 1. The molecule has 1 aliphatic heterocycles. The molecule has 1 saturated carbocycles. The number of nitrogens with zero attached hydrogens (tertiary/aromatic N) is 3. The smallest absolute Gasteiger partial charge is 0.407 e. The Kier molecular flexibility index (Phi) is 5.58. The molecule has 10 nitrogen and oxygen atoms in total. The summed E-state index contributed by atoms with van der Waals surface area (Å²) in [5.74, 6) is 0.898. The highest BCUT2D eigenvalue weighted by molar-refractivity contribution is 5.91. The van der Waals surface area contributed by atoms with Gasteiger partial charge in [0, 0.05) is 29.9 Å². The Morgan fingerprint density at radius 2 is 2.12 bits per heavy atom. The van der Waals surface area contributed by atoms with Gasteiger partial charge in [-0.15, -0.1) is 0 Å². The van der Waals surface area contributed by atoms with Gasteiger partial charge in [0.05, 0.1) is 25.6 Å². The number of anilines is 1. The molecule has 2 fully saturated rings. The van der Waals surface area contributed by atoms with Crippen LogP contribution in [0.4, 0.5) is 10.6 Å². The number of hydrogen-bond acceptors (Lipinski definition) is 6. The molecular weight excluding hydrogens is 414 g/mol. The molecule has 172 valence electrons. The average molecular weight is 444 g/mol.